The van der Waals surface area contributed by atoms with Crippen LogP contribution in [0.4, 0.5) is 0 Å². The minimum absolute atomic E-state index is 0. The molecule has 2 N–H and O–H groups in total. The molecule has 1 atom stereocenters. The Morgan fingerprint density at radius 1 is 1.32 bits per heavy atom. The first-order chi connectivity index (χ1) is 8.71. The molecule has 3 nitrogen and oxygen atoms in total. The molecule has 1 amide bonds. The Morgan fingerprint density at radius 3 is 2.68 bits per heavy atom. The zero-order valence-corrected chi connectivity index (χ0v) is 12.3. The minimum Gasteiger partial charge on any atom is -0.354 e. The van der Waals surface area contributed by atoms with Gasteiger partial charge in [0.1, 0.15) is 0 Å². The van der Waals surface area contributed by atoms with E-state index in [4.69, 9.17) is 0 Å². The molecule has 1 unspecified atom stereocenters. The van der Waals surface area contributed by atoms with E-state index in [9.17, 15) is 4.79 Å². The highest BCUT2D eigenvalue weighted by atomic mass is 35.5. The lowest BCUT2D eigenvalue weighted by Crippen LogP contribution is -2.57. The Labute approximate surface area is 121 Å². The van der Waals surface area contributed by atoms with E-state index >= 15 is 0 Å². The van der Waals surface area contributed by atoms with Gasteiger partial charge < -0.3 is 10.6 Å². The molecule has 1 aromatic carbocycles. The summed E-state index contributed by atoms with van der Waals surface area (Å²) in [4.78, 5) is 12.1. The van der Waals surface area contributed by atoms with Crippen LogP contribution in [-0.4, -0.2) is 24.5 Å². The first kappa shape index (κ1) is 16.0. The summed E-state index contributed by atoms with van der Waals surface area (Å²) in [6, 6.07) is 10.2. The van der Waals surface area contributed by atoms with E-state index in [1.165, 1.54) is 12.0 Å². The van der Waals surface area contributed by atoms with E-state index < -0.39 is 0 Å². The van der Waals surface area contributed by atoms with Gasteiger partial charge in [-0.3, -0.25) is 4.79 Å². The Balaban J connectivity index is 0.00000180. The lowest BCUT2D eigenvalue weighted by molar-refractivity contribution is -0.127. The lowest BCUT2D eigenvalue weighted by Gasteiger charge is -2.33. The van der Waals surface area contributed by atoms with Gasteiger partial charge in [0.15, 0.2) is 0 Å². The summed E-state index contributed by atoms with van der Waals surface area (Å²) in [5, 5.41) is 6.37. The SMILES string of the molecule is CC1(C(=O)NCCc2ccccc2)CCCCN1.Cl. The Bertz CT molecular complexity index is 388. The zero-order valence-electron chi connectivity index (χ0n) is 11.4. The summed E-state index contributed by atoms with van der Waals surface area (Å²) in [6.45, 7) is 3.66. The van der Waals surface area contributed by atoms with Crippen LogP contribution in [0.2, 0.25) is 0 Å². The van der Waals surface area contributed by atoms with E-state index in [1.54, 1.807) is 0 Å². The third kappa shape index (κ3) is 4.51. The number of carbonyl (C=O) groups is 1. The normalized spacial score (nSPS) is 22.4. The molecule has 106 valence electrons. The molecule has 1 fully saturated rings. The average molecular weight is 283 g/mol. The van der Waals surface area contributed by atoms with Crippen molar-refractivity contribution in [2.75, 3.05) is 13.1 Å². The molecule has 2 rings (SSSR count). The van der Waals surface area contributed by atoms with Crippen molar-refractivity contribution >= 4 is 18.3 Å². The molecule has 1 aliphatic heterocycles. The van der Waals surface area contributed by atoms with Crippen LogP contribution in [0.1, 0.15) is 31.7 Å². The maximum Gasteiger partial charge on any atom is 0.240 e. The van der Waals surface area contributed by atoms with Gasteiger partial charge in [-0.15, -0.1) is 12.4 Å². The van der Waals surface area contributed by atoms with E-state index in [2.05, 4.69) is 22.8 Å². The smallest absolute Gasteiger partial charge is 0.240 e. The van der Waals surface area contributed by atoms with Crippen LogP contribution in [0.3, 0.4) is 0 Å². The number of hydrogen-bond acceptors (Lipinski definition) is 2. The van der Waals surface area contributed by atoms with Crippen molar-refractivity contribution in [2.24, 2.45) is 0 Å². The average Bonchev–Trinajstić information content (AvgIpc) is 2.41. The summed E-state index contributed by atoms with van der Waals surface area (Å²) < 4.78 is 0. The first-order valence-corrected chi connectivity index (χ1v) is 6.78. The van der Waals surface area contributed by atoms with Gasteiger partial charge in [-0.25, -0.2) is 0 Å². The molecule has 1 heterocycles. The highest BCUT2D eigenvalue weighted by molar-refractivity contribution is 5.86. The summed E-state index contributed by atoms with van der Waals surface area (Å²) in [5.74, 6) is 0.137. The Kier molecular flexibility index (Phi) is 6.32. The monoisotopic (exact) mass is 282 g/mol. The van der Waals surface area contributed by atoms with Crippen molar-refractivity contribution in [1.82, 2.24) is 10.6 Å². The van der Waals surface area contributed by atoms with E-state index in [-0.39, 0.29) is 23.9 Å². The quantitative estimate of drug-likeness (QED) is 0.890. The molecule has 1 aliphatic rings. The number of halogens is 1. The summed E-state index contributed by atoms with van der Waals surface area (Å²) in [6.07, 6.45) is 4.13. The second-order valence-electron chi connectivity index (χ2n) is 5.21. The van der Waals surface area contributed by atoms with Crippen LogP contribution in [0.5, 0.6) is 0 Å². The van der Waals surface area contributed by atoms with E-state index in [1.807, 2.05) is 25.1 Å². The van der Waals surface area contributed by atoms with Crippen molar-refractivity contribution in [3.8, 4) is 0 Å². The van der Waals surface area contributed by atoms with Crippen molar-refractivity contribution in [3.05, 3.63) is 35.9 Å². The highest BCUT2D eigenvalue weighted by Gasteiger charge is 2.33. The molecular weight excluding hydrogens is 260 g/mol. The molecule has 1 aromatic rings. The molecule has 0 spiro atoms. The van der Waals surface area contributed by atoms with Crippen LogP contribution in [0.25, 0.3) is 0 Å². The van der Waals surface area contributed by atoms with Gasteiger partial charge in [0, 0.05) is 6.54 Å². The van der Waals surface area contributed by atoms with Crippen molar-refractivity contribution in [2.45, 2.75) is 38.1 Å². The predicted octanol–water partition coefficient (Wildman–Crippen LogP) is 2.30. The molecular formula is C15H23ClN2O. The number of rotatable bonds is 4. The molecule has 0 aliphatic carbocycles. The predicted molar refractivity (Wildman–Crippen MR) is 80.7 cm³/mol. The maximum atomic E-state index is 12.1. The van der Waals surface area contributed by atoms with Gasteiger partial charge in [0.2, 0.25) is 5.91 Å². The van der Waals surface area contributed by atoms with Gasteiger partial charge in [0.25, 0.3) is 0 Å². The third-order valence-electron chi connectivity index (χ3n) is 3.66. The lowest BCUT2D eigenvalue weighted by atomic mass is 9.90. The number of hydrogen-bond donors (Lipinski definition) is 2. The number of piperidine rings is 1. The van der Waals surface area contributed by atoms with Crippen LogP contribution in [0, 0.1) is 0 Å². The molecule has 0 radical (unpaired) electrons. The van der Waals surface area contributed by atoms with Crippen molar-refractivity contribution in [3.63, 3.8) is 0 Å². The molecule has 19 heavy (non-hydrogen) atoms. The minimum atomic E-state index is -0.366. The van der Waals surface area contributed by atoms with Crippen LogP contribution < -0.4 is 10.6 Å². The number of benzene rings is 1. The summed E-state index contributed by atoms with van der Waals surface area (Å²) >= 11 is 0. The molecule has 4 heteroatoms. The second kappa shape index (κ2) is 7.51. The van der Waals surface area contributed by atoms with Crippen LogP contribution >= 0.6 is 12.4 Å². The van der Waals surface area contributed by atoms with E-state index in [0.717, 1.165) is 25.8 Å². The summed E-state index contributed by atoms with van der Waals surface area (Å²) in [7, 11) is 0. The first-order valence-electron chi connectivity index (χ1n) is 6.78. The molecule has 1 saturated heterocycles. The van der Waals surface area contributed by atoms with Crippen LogP contribution in [-0.2, 0) is 11.2 Å². The third-order valence-corrected chi connectivity index (χ3v) is 3.66. The summed E-state index contributed by atoms with van der Waals surface area (Å²) in [5.41, 5.74) is 0.897. The largest absolute Gasteiger partial charge is 0.354 e. The van der Waals surface area contributed by atoms with Gasteiger partial charge in [-0.05, 0) is 44.7 Å². The van der Waals surface area contributed by atoms with Crippen LogP contribution in [0.15, 0.2) is 30.3 Å². The van der Waals surface area contributed by atoms with Gasteiger partial charge in [0.05, 0.1) is 5.54 Å². The number of carbonyl (C=O) groups excluding carboxylic acids is 1. The fourth-order valence-electron chi connectivity index (χ4n) is 2.41. The zero-order chi connectivity index (χ0) is 12.8. The molecule has 0 bridgehead atoms. The number of amides is 1. The fourth-order valence-corrected chi connectivity index (χ4v) is 2.41. The van der Waals surface area contributed by atoms with Crippen molar-refractivity contribution in [1.29, 1.82) is 0 Å². The van der Waals surface area contributed by atoms with E-state index in [0.29, 0.717) is 6.54 Å². The Hall–Kier alpha value is -1.06. The maximum absolute atomic E-state index is 12.1. The molecule has 0 saturated carbocycles. The standard InChI is InChI=1S/C15H22N2O.ClH/c1-15(10-5-6-11-17-15)14(18)16-12-9-13-7-3-2-4-8-13;/h2-4,7-8,17H,5-6,9-12H2,1H3,(H,16,18);1H. The Morgan fingerprint density at radius 2 is 2.05 bits per heavy atom. The second-order valence-corrected chi connectivity index (χ2v) is 5.21. The van der Waals surface area contributed by atoms with Gasteiger partial charge >= 0.3 is 0 Å². The van der Waals surface area contributed by atoms with Gasteiger partial charge in [-0.2, -0.15) is 0 Å². The fraction of sp³-hybridized carbons (Fsp3) is 0.533. The van der Waals surface area contributed by atoms with Crippen molar-refractivity contribution < 1.29 is 4.79 Å². The topological polar surface area (TPSA) is 41.1 Å². The highest BCUT2D eigenvalue weighted by Crippen LogP contribution is 2.18. The molecule has 0 aromatic heterocycles. The number of nitrogens with one attached hydrogen (secondary N) is 2. The van der Waals surface area contributed by atoms with Gasteiger partial charge in [-0.1, -0.05) is 30.3 Å².